The van der Waals surface area contributed by atoms with Crippen molar-refractivity contribution in [3.63, 3.8) is 0 Å². The summed E-state index contributed by atoms with van der Waals surface area (Å²) in [5, 5.41) is 31.8. The van der Waals surface area contributed by atoms with Gasteiger partial charge in [0.2, 0.25) is 0 Å². The van der Waals surface area contributed by atoms with Gasteiger partial charge in [0.05, 0.1) is 13.5 Å². The van der Waals surface area contributed by atoms with Crippen molar-refractivity contribution in [3.8, 4) is 28.7 Å². The van der Waals surface area contributed by atoms with Crippen LogP contribution in [-0.4, -0.2) is 28.2 Å². The molecule has 3 N–H and O–H groups in total. The van der Waals surface area contributed by atoms with Crippen molar-refractivity contribution in [2.75, 3.05) is 7.11 Å². The van der Waals surface area contributed by atoms with Crippen LogP contribution in [0, 0.1) is 6.92 Å². The van der Waals surface area contributed by atoms with Crippen LogP contribution in [0.2, 0.25) is 0 Å². The Hall–Kier alpha value is -3.41. The minimum atomic E-state index is -0.696. The molecule has 6 nitrogen and oxygen atoms in total. The maximum atomic E-state index is 13.2. The quantitative estimate of drug-likeness (QED) is 0.476. The van der Waals surface area contributed by atoms with Crippen LogP contribution in [0.25, 0.3) is 0 Å². The zero-order valence-electron chi connectivity index (χ0n) is 20.1. The van der Waals surface area contributed by atoms with Gasteiger partial charge in [-0.1, -0.05) is 23.3 Å². The Balaban J connectivity index is 2.15. The minimum Gasteiger partial charge on any atom is -0.508 e. The lowest BCUT2D eigenvalue weighted by molar-refractivity contribution is 0.0839. The molecule has 176 valence electrons. The third-order valence-corrected chi connectivity index (χ3v) is 5.87. The van der Waals surface area contributed by atoms with Crippen LogP contribution in [0.4, 0.5) is 0 Å². The van der Waals surface area contributed by atoms with Crippen LogP contribution in [0.15, 0.2) is 35.4 Å². The second kappa shape index (κ2) is 9.61. The minimum absolute atomic E-state index is 0.00389. The van der Waals surface area contributed by atoms with Gasteiger partial charge in [0.15, 0.2) is 5.78 Å². The molecule has 1 atom stereocenters. The number of phenolic OH excluding ortho intramolecular Hbond substituents is 3. The number of hydrogen-bond acceptors (Lipinski definition) is 6. The zero-order valence-corrected chi connectivity index (χ0v) is 20.1. The van der Waals surface area contributed by atoms with E-state index in [1.54, 1.807) is 13.0 Å². The van der Waals surface area contributed by atoms with E-state index in [2.05, 4.69) is 0 Å². The maximum absolute atomic E-state index is 13.2. The van der Waals surface area contributed by atoms with Crippen molar-refractivity contribution in [2.24, 2.45) is 0 Å². The summed E-state index contributed by atoms with van der Waals surface area (Å²) in [6, 6.07) is 3.32. The van der Waals surface area contributed by atoms with E-state index in [1.165, 1.54) is 13.2 Å². The van der Waals surface area contributed by atoms with Crippen molar-refractivity contribution >= 4 is 5.78 Å². The Labute approximate surface area is 194 Å². The zero-order chi connectivity index (χ0) is 24.4. The molecule has 0 bridgehead atoms. The second-order valence-electron chi connectivity index (χ2n) is 8.93. The molecule has 2 aromatic carbocycles. The molecule has 1 heterocycles. The molecule has 0 saturated carbocycles. The SMILES string of the molecule is COc1cc(O)c(CC=C(C)C)cc1[C@@H]1CC(=O)c2c(O)c(C)c(O)c(CC=C(C)C)c2O1. The highest BCUT2D eigenvalue weighted by Crippen LogP contribution is 2.49. The molecule has 0 aliphatic carbocycles. The molecule has 6 heteroatoms. The summed E-state index contributed by atoms with van der Waals surface area (Å²) in [6.07, 6.45) is 4.12. The number of fused-ring (bicyclic) bond motifs is 1. The van der Waals surface area contributed by atoms with Crippen molar-refractivity contribution in [2.45, 2.75) is 60.0 Å². The molecule has 1 aliphatic heterocycles. The summed E-state index contributed by atoms with van der Waals surface area (Å²) in [4.78, 5) is 13.2. The van der Waals surface area contributed by atoms with E-state index < -0.39 is 6.10 Å². The molecule has 0 unspecified atom stereocenters. The van der Waals surface area contributed by atoms with Crippen LogP contribution in [0.3, 0.4) is 0 Å². The van der Waals surface area contributed by atoms with Crippen molar-refractivity contribution < 1.29 is 29.6 Å². The molecule has 0 radical (unpaired) electrons. The van der Waals surface area contributed by atoms with E-state index in [4.69, 9.17) is 9.47 Å². The number of aromatic hydroxyl groups is 3. The predicted molar refractivity (Wildman–Crippen MR) is 128 cm³/mol. The first kappa shape index (κ1) is 24.2. The molecule has 1 aliphatic rings. The van der Waals surface area contributed by atoms with Crippen LogP contribution in [-0.2, 0) is 12.8 Å². The maximum Gasteiger partial charge on any atom is 0.174 e. The van der Waals surface area contributed by atoms with Crippen LogP contribution in [0.1, 0.15) is 72.8 Å². The van der Waals surface area contributed by atoms with Gasteiger partial charge in [0.25, 0.3) is 0 Å². The van der Waals surface area contributed by atoms with Crippen molar-refractivity contribution in [1.82, 2.24) is 0 Å². The second-order valence-corrected chi connectivity index (χ2v) is 8.93. The van der Waals surface area contributed by atoms with Gasteiger partial charge in [0, 0.05) is 22.8 Å². The van der Waals surface area contributed by atoms with E-state index in [9.17, 15) is 20.1 Å². The number of ether oxygens (including phenoxy) is 2. The Morgan fingerprint density at radius 3 is 2.30 bits per heavy atom. The Kier molecular flexibility index (Phi) is 7.06. The van der Waals surface area contributed by atoms with E-state index in [0.29, 0.717) is 35.3 Å². The highest BCUT2D eigenvalue weighted by molar-refractivity contribution is 6.04. The predicted octanol–water partition coefficient (Wildman–Crippen LogP) is 5.84. The molecule has 0 saturated heterocycles. The fourth-order valence-corrected chi connectivity index (χ4v) is 3.94. The summed E-state index contributed by atoms with van der Waals surface area (Å²) in [5.74, 6) is 0.0800. The standard InChI is InChI=1S/C27H32O6/c1-14(2)7-9-17-11-19(22(32-6)12-20(17)28)23-13-21(29)24-26(31)16(5)25(30)18(27(24)33-23)10-8-15(3)4/h7-8,11-12,23,28,30-31H,9-10,13H2,1-6H3/t23-/m0/s1. The number of ketones is 1. The normalized spacial score (nSPS) is 14.8. The molecule has 2 aromatic rings. The lowest BCUT2D eigenvalue weighted by Crippen LogP contribution is -2.22. The highest BCUT2D eigenvalue weighted by atomic mass is 16.5. The van der Waals surface area contributed by atoms with Gasteiger partial charge >= 0.3 is 0 Å². The number of carbonyl (C=O) groups excluding carboxylic acids is 1. The first-order valence-corrected chi connectivity index (χ1v) is 11.0. The van der Waals surface area contributed by atoms with Gasteiger partial charge in [-0.05, 0) is 59.1 Å². The number of allylic oxidation sites excluding steroid dienone is 4. The number of phenols is 3. The Morgan fingerprint density at radius 1 is 1.06 bits per heavy atom. The molecule has 33 heavy (non-hydrogen) atoms. The average Bonchev–Trinajstić information content (AvgIpc) is 2.75. The summed E-state index contributed by atoms with van der Waals surface area (Å²) in [5.41, 5.74) is 4.30. The first-order valence-electron chi connectivity index (χ1n) is 11.0. The van der Waals surface area contributed by atoms with E-state index in [1.807, 2.05) is 39.8 Å². The van der Waals surface area contributed by atoms with Gasteiger partial charge in [-0.25, -0.2) is 0 Å². The van der Waals surface area contributed by atoms with Gasteiger partial charge in [0.1, 0.15) is 40.4 Å². The monoisotopic (exact) mass is 452 g/mol. The molecule has 0 amide bonds. The fraction of sp³-hybridized carbons (Fsp3) is 0.370. The molecule has 3 rings (SSSR count). The Bertz CT molecular complexity index is 1150. The third-order valence-electron chi connectivity index (χ3n) is 5.87. The van der Waals surface area contributed by atoms with Crippen LogP contribution in [0.5, 0.6) is 28.7 Å². The molecular weight excluding hydrogens is 420 g/mol. The number of methoxy groups -OCH3 is 1. The summed E-state index contributed by atoms with van der Waals surface area (Å²) < 4.78 is 11.8. The fourth-order valence-electron chi connectivity index (χ4n) is 3.94. The molecule has 0 fully saturated rings. The topological polar surface area (TPSA) is 96.2 Å². The summed E-state index contributed by atoms with van der Waals surface area (Å²) in [7, 11) is 1.49. The number of rotatable bonds is 6. The summed E-state index contributed by atoms with van der Waals surface area (Å²) >= 11 is 0. The Morgan fingerprint density at radius 2 is 1.70 bits per heavy atom. The number of hydrogen-bond donors (Lipinski definition) is 3. The smallest absolute Gasteiger partial charge is 0.174 e. The lowest BCUT2D eigenvalue weighted by atomic mass is 9.89. The van der Waals surface area contributed by atoms with E-state index in [0.717, 1.165) is 11.1 Å². The van der Waals surface area contributed by atoms with Gasteiger partial charge in [-0.2, -0.15) is 0 Å². The van der Waals surface area contributed by atoms with Crippen molar-refractivity contribution in [3.05, 3.63) is 63.2 Å². The highest BCUT2D eigenvalue weighted by Gasteiger charge is 2.36. The molecular formula is C27H32O6. The van der Waals surface area contributed by atoms with Gasteiger partial charge in [-0.15, -0.1) is 0 Å². The third kappa shape index (κ3) is 4.85. The molecule has 0 spiro atoms. The first-order chi connectivity index (χ1) is 15.5. The van der Waals surface area contributed by atoms with Crippen LogP contribution >= 0.6 is 0 Å². The van der Waals surface area contributed by atoms with E-state index >= 15 is 0 Å². The number of carbonyl (C=O) groups is 1. The van der Waals surface area contributed by atoms with Crippen molar-refractivity contribution in [1.29, 1.82) is 0 Å². The lowest BCUT2D eigenvalue weighted by Gasteiger charge is -2.30. The number of benzene rings is 2. The molecule has 0 aromatic heterocycles. The van der Waals surface area contributed by atoms with Gasteiger partial charge in [-0.3, -0.25) is 4.79 Å². The van der Waals surface area contributed by atoms with Crippen LogP contribution < -0.4 is 9.47 Å². The largest absolute Gasteiger partial charge is 0.508 e. The van der Waals surface area contributed by atoms with Gasteiger partial charge < -0.3 is 24.8 Å². The number of Topliss-reactive ketones (excluding diaryl/α,β-unsaturated/α-hetero) is 1. The average molecular weight is 453 g/mol. The summed E-state index contributed by atoms with van der Waals surface area (Å²) in [6.45, 7) is 9.43. The van der Waals surface area contributed by atoms with E-state index in [-0.39, 0.29) is 46.3 Å².